The summed E-state index contributed by atoms with van der Waals surface area (Å²) in [6, 6.07) is 55.4. The van der Waals surface area contributed by atoms with Crippen molar-refractivity contribution in [3.05, 3.63) is 152 Å². The van der Waals surface area contributed by atoms with Crippen molar-refractivity contribution < 1.29 is 0 Å². The number of fused-ring (bicyclic) bond motifs is 8. The molecule has 0 fully saturated rings. The van der Waals surface area contributed by atoms with Gasteiger partial charge in [0, 0.05) is 36.6 Å². The Morgan fingerprint density at radius 2 is 1.12 bits per heavy atom. The van der Waals surface area contributed by atoms with Crippen molar-refractivity contribution in [2.75, 3.05) is 0 Å². The van der Waals surface area contributed by atoms with E-state index < -0.39 is 0 Å². The highest BCUT2D eigenvalue weighted by Gasteiger charge is 2.22. The van der Waals surface area contributed by atoms with Gasteiger partial charge in [-0.1, -0.05) is 121 Å². The monoisotopic (exact) mass is 551 g/mol. The van der Waals surface area contributed by atoms with Gasteiger partial charge in [0.25, 0.3) is 0 Å². The number of hydrogen-bond donors (Lipinski definition) is 0. The van der Waals surface area contributed by atoms with Crippen LogP contribution in [0.2, 0.25) is 0 Å². The van der Waals surface area contributed by atoms with Crippen LogP contribution in [-0.2, 0) is 0 Å². The normalized spacial score (nSPS) is 11.8. The molecule has 7 aromatic carbocycles. The lowest BCUT2D eigenvalue weighted by Crippen LogP contribution is -1.95. The molecule has 0 aliphatic carbocycles. The van der Waals surface area contributed by atoms with Gasteiger partial charge >= 0.3 is 0 Å². The van der Waals surface area contributed by atoms with Gasteiger partial charge in [0.2, 0.25) is 0 Å². The molecule has 0 radical (unpaired) electrons. The summed E-state index contributed by atoms with van der Waals surface area (Å²) in [6.07, 6.45) is 0. The van der Waals surface area contributed by atoms with E-state index in [1.807, 2.05) is 11.3 Å². The fourth-order valence-electron chi connectivity index (χ4n) is 6.77. The average molecular weight is 552 g/mol. The second kappa shape index (κ2) is 9.17. The maximum absolute atomic E-state index is 2.51. The fraction of sp³-hybridized carbons (Fsp3) is 0. The molecule has 42 heavy (non-hydrogen) atoms. The van der Waals surface area contributed by atoms with Gasteiger partial charge < -0.3 is 4.57 Å². The Morgan fingerprint density at radius 1 is 0.429 bits per heavy atom. The van der Waals surface area contributed by atoms with Gasteiger partial charge in [0.05, 0.1) is 11.0 Å². The van der Waals surface area contributed by atoms with Crippen LogP contribution < -0.4 is 0 Å². The molecule has 1 nitrogen and oxygen atoms in total. The number of para-hydroxylation sites is 1. The molecule has 9 rings (SSSR count). The standard InChI is InChI=1S/C40H25NS/c1-2-12-27(13-3-1)34-25-37-39(33-20-7-9-23-36(33)42-37)40-38(34)32-19-6-8-22-35(32)41(40)29-17-10-16-28(24-29)31-21-11-15-26-14-4-5-18-30(26)31/h1-25H. The molecule has 0 saturated carbocycles. The first-order chi connectivity index (χ1) is 20.8. The molecule has 2 aromatic heterocycles. The summed E-state index contributed by atoms with van der Waals surface area (Å²) >= 11 is 1.89. The van der Waals surface area contributed by atoms with Crippen LogP contribution in [0.3, 0.4) is 0 Å². The summed E-state index contributed by atoms with van der Waals surface area (Å²) in [7, 11) is 0. The lowest BCUT2D eigenvalue weighted by atomic mass is 9.97. The smallest absolute Gasteiger partial charge is 0.0640 e. The third kappa shape index (κ3) is 3.43. The molecule has 9 aromatic rings. The summed E-state index contributed by atoms with van der Waals surface area (Å²) in [5, 5.41) is 7.77. The van der Waals surface area contributed by atoms with E-state index in [2.05, 4.69) is 156 Å². The van der Waals surface area contributed by atoms with Crippen molar-refractivity contribution in [1.82, 2.24) is 4.57 Å². The van der Waals surface area contributed by atoms with Crippen LogP contribution in [0.15, 0.2) is 152 Å². The van der Waals surface area contributed by atoms with Gasteiger partial charge in [-0.25, -0.2) is 0 Å². The van der Waals surface area contributed by atoms with E-state index in [1.54, 1.807) is 0 Å². The Balaban J connectivity index is 1.45. The van der Waals surface area contributed by atoms with Gasteiger partial charge in [-0.2, -0.15) is 0 Å². The molecule has 2 heterocycles. The molecule has 0 unspecified atom stereocenters. The second-order valence-electron chi connectivity index (χ2n) is 10.9. The minimum Gasteiger partial charge on any atom is -0.309 e. The number of hydrogen-bond acceptors (Lipinski definition) is 1. The Morgan fingerprint density at radius 3 is 2.02 bits per heavy atom. The van der Waals surface area contributed by atoms with Crippen LogP contribution >= 0.6 is 11.3 Å². The van der Waals surface area contributed by atoms with E-state index in [0.29, 0.717) is 0 Å². The molecule has 0 bridgehead atoms. The first-order valence-corrected chi connectivity index (χ1v) is 15.2. The summed E-state index contributed by atoms with van der Waals surface area (Å²) in [4.78, 5) is 0. The van der Waals surface area contributed by atoms with Crippen molar-refractivity contribution in [3.8, 4) is 27.9 Å². The molecule has 0 spiro atoms. The minimum atomic E-state index is 1.17. The fourth-order valence-corrected chi connectivity index (χ4v) is 7.92. The van der Waals surface area contributed by atoms with Gasteiger partial charge in [0.1, 0.15) is 0 Å². The summed E-state index contributed by atoms with van der Waals surface area (Å²) < 4.78 is 5.14. The molecule has 2 heteroatoms. The highest BCUT2D eigenvalue weighted by atomic mass is 32.1. The maximum Gasteiger partial charge on any atom is 0.0640 e. The van der Waals surface area contributed by atoms with E-state index in [9.17, 15) is 0 Å². The van der Waals surface area contributed by atoms with Gasteiger partial charge in [-0.05, 0) is 63.4 Å². The van der Waals surface area contributed by atoms with Gasteiger partial charge in [0.15, 0.2) is 0 Å². The zero-order valence-electron chi connectivity index (χ0n) is 22.8. The van der Waals surface area contributed by atoms with Crippen molar-refractivity contribution >= 4 is 64.1 Å². The van der Waals surface area contributed by atoms with Crippen molar-refractivity contribution in [3.63, 3.8) is 0 Å². The molecule has 0 N–H and O–H groups in total. The van der Waals surface area contributed by atoms with Crippen LogP contribution in [0.25, 0.3) is 80.7 Å². The van der Waals surface area contributed by atoms with Gasteiger partial charge in [-0.15, -0.1) is 11.3 Å². The van der Waals surface area contributed by atoms with E-state index in [4.69, 9.17) is 0 Å². The second-order valence-corrected chi connectivity index (χ2v) is 12.0. The molecule has 0 aliphatic rings. The van der Waals surface area contributed by atoms with Crippen molar-refractivity contribution in [2.24, 2.45) is 0 Å². The zero-order chi connectivity index (χ0) is 27.6. The Bertz CT molecular complexity index is 2460. The van der Waals surface area contributed by atoms with Crippen LogP contribution in [-0.4, -0.2) is 4.57 Å². The SMILES string of the molecule is c1ccc(-c2cc3sc4ccccc4c3c3c2c2ccccc2n3-c2cccc(-c3cccc4ccccc34)c2)cc1. The third-order valence-corrected chi connectivity index (χ3v) is 9.69. The van der Waals surface area contributed by atoms with Crippen LogP contribution in [0.4, 0.5) is 0 Å². The van der Waals surface area contributed by atoms with E-state index >= 15 is 0 Å². The van der Waals surface area contributed by atoms with E-state index in [0.717, 1.165) is 0 Å². The summed E-state index contributed by atoms with van der Waals surface area (Å²) in [6.45, 7) is 0. The van der Waals surface area contributed by atoms with Gasteiger partial charge in [-0.3, -0.25) is 0 Å². The lowest BCUT2D eigenvalue weighted by molar-refractivity contribution is 1.19. The van der Waals surface area contributed by atoms with Crippen LogP contribution in [0, 0.1) is 0 Å². The molecule has 196 valence electrons. The highest BCUT2D eigenvalue weighted by molar-refractivity contribution is 7.26. The Hall–Kier alpha value is -5.18. The molecular weight excluding hydrogens is 527 g/mol. The van der Waals surface area contributed by atoms with E-state index in [-0.39, 0.29) is 0 Å². The number of thiophene rings is 1. The number of aromatic nitrogens is 1. The Kier molecular flexibility index (Phi) is 5.13. The largest absolute Gasteiger partial charge is 0.309 e. The molecular formula is C40H25NS. The number of rotatable bonds is 3. The Labute approximate surface area is 247 Å². The lowest BCUT2D eigenvalue weighted by Gasteiger charge is -2.13. The molecule has 0 aliphatic heterocycles. The minimum absolute atomic E-state index is 1.17. The summed E-state index contributed by atoms with van der Waals surface area (Å²) in [5.41, 5.74) is 8.68. The first kappa shape index (κ1) is 23.5. The van der Waals surface area contributed by atoms with Crippen molar-refractivity contribution in [1.29, 1.82) is 0 Å². The molecule has 0 atom stereocenters. The summed E-state index contributed by atoms with van der Waals surface area (Å²) in [5.74, 6) is 0. The van der Waals surface area contributed by atoms with Crippen molar-refractivity contribution in [2.45, 2.75) is 0 Å². The first-order valence-electron chi connectivity index (χ1n) is 14.4. The quantitative estimate of drug-likeness (QED) is 0.206. The maximum atomic E-state index is 2.51. The predicted molar refractivity (Wildman–Crippen MR) is 182 cm³/mol. The molecule has 0 amide bonds. The molecule has 0 saturated heterocycles. The van der Waals surface area contributed by atoms with E-state index in [1.165, 1.54) is 80.7 Å². The topological polar surface area (TPSA) is 4.93 Å². The number of nitrogens with zero attached hydrogens (tertiary/aromatic N) is 1. The average Bonchev–Trinajstić information content (AvgIpc) is 3.60. The predicted octanol–water partition coefficient (Wildman–Crippen LogP) is 11.6. The van der Waals surface area contributed by atoms with Crippen LogP contribution in [0.1, 0.15) is 0 Å². The van der Waals surface area contributed by atoms with Crippen LogP contribution in [0.5, 0.6) is 0 Å². The number of benzene rings is 7. The third-order valence-electron chi connectivity index (χ3n) is 8.57. The highest BCUT2D eigenvalue weighted by Crippen LogP contribution is 2.47. The zero-order valence-corrected chi connectivity index (χ0v) is 23.6.